The van der Waals surface area contributed by atoms with Gasteiger partial charge in [-0.1, -0.05) is 17.4 Å². The van der Waals surface area contributed by atoms with Gasteiger partial charge in [0.2, 0.25) is 5.43 Å². The van der Waals surface area contributed by atoms with Gasteiger partial charge in [0.1, 0.15) is 5.75 Å². The van der Waals surface area contributed by atoms with Crippen molar-refractivity contribution in [3.05, 3.63) is 76.2 Å². The molecule has 0 aliphatic carbocycles. The van der Waals surface area contributed by atoms with Crippen LogP contribution in [0.15, 0.2) is 59.5 Å². The van der Waals surface area contributed by atoms with Crippen LogP contribution in [0.2, 0.25) is 0 Å². The smallest absolute Gasteiger partial charge is 0.281 e. The van der Waals surface area contributed by atoms with Crippen molar-refractivity contribution in [2.45, 2.75) is 13.8 Å². The summed E-state index contributed by atoms with van der Waals surface area (Å²) < 4.78 is 7.87. The molecular formula is C21H18N4O3S. The van der Waals surface area contributed by atoms with Gasteiger partial charge in [-0.15, -0.1) is 0 Å². The number of amides is 1. The molecule has 1 amide bonds. The van der Waals surface area contributed by atoms with E-state index >= 15 is 0 Å². The summed E-state index contributed by atoms with van der Waals surface area (Å²) in [5, 5.41) is 7.32. The first-order chi connectivity index (χ1) is 14.0. The average molecular weight is 406 g/mol. The molecule has 0 saturated carbocycles. The van der Waals surface area contributed by atoms with Gasteiger partial charge in [-0.3, -0.25) is 14.9 Å². The molecule has 2 heterocycles. The van der Waals surface area contributed by atoms with Crippen LogP contribution in [0.1, 0.15) is 23.0 Å². The molecule has 0 aliphatic heterocycles. The predicted octanol–water partition coefficient (Wildman–Crippen LogP) is 3.80. The SMILES string of the molecule is CCOc1ccc(-n2ccc(=O)c(C(=O)Nc3nc4ccc(C)cc4s3)n2)cc1. The fraction of sp³-hybridized carbons (Fsp3) is 0.143. The number of aryl methyl sites for hydroxylation is 1. The Bertz CT molecular complexity index is 1250. The number of nitrogens with one attached hydrogen (secondary N) is 1. The monoisotopic (exact) mass is 406 g/mol. The van der Waals surface area contributed by atoms with E-state index in [1.807, 2.05) is 44.2 Å². The molecule has 4 aromatic rings. The van der Waals surface area contributed by atoms with Crippen molar-refractivity contribution in [3.63, 3.8) is 0 Å². The van der Waals surface area contributed by atoms with Crippen molar-refractivity contribution in [2.75, 3.05) is 11.9 Å². The highest BCUT2D eigenvalue weighted by atomic mass is 32.1. The summed E-state index contributed by atoms with van der Waals surface area (Å²) in [5.74, 6) is 0.146. The Labute approximate surface area is 170 Å². The van der Waals surface area contributed by atoms with E-state index in [2.05, 4.69) is 15.4 Å². The number of nitrogens with zero attached hydrogens (tertiary/aromatic N) is 3. The van der Waals surface area contributed by atoms with Crippen LogP contribution < -0.4 is 15.5 Å². The number of ether oxygens (including phenoxy) is 1. The normalized spacial score (nSPS) is 10.8. The molecule has 2 aromatic carbocycles. The van der Waals surface area contributed by atoms with Crippen molar-refractivity contribution < 1.29 is 9.53 Å². The zero-order valence-corrected chi connectivity index (χ0v) is 16.7. The van der Waals surface area contributed by atoms with Crippen LogP contribution in [0.3, 0.4) is 0 Å². The number of aromatic nitrogens is 3. The highest BCUT2D eigenvalue weighted by Gasteiger charge is 2.16. The van der Waals surface area contributed by atoms with E-state index in [4.69, 9.17) is 4.74 Å². The van der Waals surface area contributed by atoms with E-state index in [1.54, 1.807) is 12.1 Å². The van der Waals surface area contributed by atoms with Gasteiger partial charge >= 0.3 is 0 Å². The molecule has 0 unspecified atom stereocenters. The minimum absolute atomic E-state index is 0.197. The minimum atomic E-state index is -0.592. The number of hydrogen-bond acceptors (Lipinski definition) is 6. The molecule has 0 spiro atoms. The van der Waals surface area contributed by atoms with E-state index in [0.717, 1.165) is 21.5 Å². The number of carbonyl (C=O) groups is 1. The van der Waals surface area contributed by atoms with E-state index in [1.165, 1.54) is 28.3 Å². The summed E-state index contributed by atoms with van der Waals surface area (Å²) in [7, 11) is 0. The molecule has 146 valence electrons. The highest BCUT2D eigenvalue weighted by molar-refractivity contribution is 7.22. The van der Waals surface area contributed by atoms with Gasteiger partial charge in [-0.05, 0) is 55.8 Å². The lowest BCUT2D eigenvalue weighted by Crippen LogP contribution is -2.25. The number of carbonyl (C=O) groups excluding carboxylic acids is 1. The summed E-state index contributed by atoms with van der Waals surface area (Å²) in [4.78, 5) is 29.3. The highest BCUT2D eigenvalue weighted by Crippen LogP contribution is 2.26. The quantitative estimate of drug-likeness (QED) is 0.545. The molecule has 7 nitrogen and oxygen atoms in total. The Hall–Kier alpha value is -3.52. The van der Waals surface area contributed by atoms with Crippen LogP contribution in [0.4, 0.5) is 5.13 Å². The van der Waals surface area contributed by atoms with Gasteiger partial charge in [-0.25, -0.2) is 9.67 Å². The van der Waals surface area contributed by atoms with E-state index in [9.17, 15) is 9.59 Å². The standard InChI is InChI=1S/C21H18N4O3S/c1-3-28-15-7-5-14(6-8-15)25-11-10-17(26)19(24-25)20(27)23-21-22-16-9-4-13(2)12-18(16)29-21/h4-12H,3H2,1-2H3,(H,22,23,27). The fourth-order valence-electron chi connectivity index (χ4n) is 2.81. The van der Waals surface area contributed by atoms with Crippen molar-refractivity contribution in [1.29, 1.82) is 0 Å². The van der Waals surface area contributed by atoms with Crippen LogP contribution in [0.25, 0.3) is 15.9 Å². The number of hydrogen-bond donors (Lipinski definition) is 1. The van der Waals surface area contributed by atoms with Gasteiger partial charge in [0, 0.05) is 12.3 Å². The van der Waals surface area contributed by atoms with Gasteiger partial charge < -0.3 is 4.74 Å². The van der Waals surface area contributed by atoms with Gasteiger partial charge in [0.25, 0.3) is 5.91 Å². The summed E-state index contributed by atoms with van der Waals surface area (Å²) >= 11 is 1.35. The zero-order valence-electron chi connectivity index (χ0n) is 15.9. The number of rotatable bonds is 5. The lowest BCUT2D eigenvalue weighted by molar-refractivity contribution is 0.101. The molecule has 0 radical (unpaired) electrons. The molecule has 0 bridgehead atoms. The van der Waals surface area contributed by atoms with Crippen LogP contribution in [0, 0.1) is 6.92 Å². The predicted molar refractivity (Wildman–Crippen MR) is 113 cm³/mol. The van der Waals surface area contributed by atoms with Crippen molar-refractivity contribution in [2.24, 2.45) is 0 Å². The van der Waals surface area contributed by atoms with E-state index in [0.29, 0.717) is 17.4 Å². The number of fused-ring (bicyclic) bond motifs is 1. The van der Waals surface area contributed by atoms with Gasteiger partial charge in [-0.2, -0.15) is 5.10 Å². The molecule has 4 rings (SSSR count). The molecule has 1 N–H and O–H groups in total. The third-order valence-corrected chi connectivity index (χ3v) is 5.13. The summed E-state index contributed by atoms with van der Waals surface area (Å²) in [6.07, 6.45) is 1.52. The second-order valence-electron chi connectivity index (χ2n) is 6.34. The maximum atomic E-state index is 12.7. The van der Waals surface area contributed by atoms with Crippen molar-refractivity contribution >= 4 is 32.6 Å². The third kappa shape index (κ3) is 4.02. The lowest BCUT2D eigenvalue weighted by atomic mass is 10.2. The zero-order chi connectivity index (χ0) is 20.4. The molecule has 0 aliphatic rings. The summed E-state index contributed by atoms with van der Waals surface area (Å²) in [5.41, 5.74) is 1.96. The molecule has 0 fully saturated rings. The maximum Gasteiger partial charge on any atom is 0.281 e. The topological polar surface area (TPSA) is 86.1 Å². The molecule has 2 aromatic heterocycles. The first-order valence-corrected chi connectivity index (χ1v) is 9.87. The Morgan fingerprint density at radius 3 is 2.72 bits per heavy atom. The fourth-order valence-corrected chi connectivity index (χ4v) is 3.77. The first-order valence-electron chi connectivity index (χ1n) is 9.05. The first kappa shape index (κ1) is 18.8. The second kappa shape index (κ2) is 7.84. The van der Waals surface area contributed by atoms with Crippen LogP contribution in [-0.2, 0) is 0 Å². The van der Waals surface area contributed by atoms with Crippen LogP contribution in [0.5, 0.6) is 5.75 Å². The molecule has 0 atom stereocenters. The Kier molecular flexibility index (Phi) is 5.09. The van der Waals surface area contributed by atoms with Crippen molar-refractivity contribution in [3.8, 4) is 11.4 Å². The number of thiazole rings is 1. The van der Waals surface area contributed by atoms with Gasteiger partial charge in [0.05, 0.1) is 22.5 Å². The van der Waals surface area contributed by atoms with E-state index < -0.39 is 11.3 Å². The van der Waals surface area contributed by atoms with Gasteiger partial charge in [0.15, 0.2) is 10.8 Å². The Morgan fingerprint density at radius 2 is 1.97 bits per heavy atom. The largest absolute Gasteiger partial charge is 0.494 e. The van der Waals surface area contributed by atoms with Crippen LogP contribution in [-0.4, -0.2) is 27.3 Å². The lowest BCUT2D eigenvalue weighted by Gasteiger charge is -2.08. The van der Waals surface area contributed by atoms with Crippen molar-refractivity contribution in [1.82, 2.24) is 14.8 Å². The molecule has 0 saturated heterocycles. The second-order valence-corrected chi connectivity index (χ2v) is 7.38. The molecule has 8 heteroatoms. The summed E-state index contributed by atoms with van der Waals surface area (Å²) in [6, 6.07) is 14.4. The average Bonchev–Trinajstić information content (AvgIpc) is 3.10. The third-order valence-electron chi connectivity index (χ3n) is 4.20. The van der Waals surface area contributed by atoms with E-state index in [-0.39, 0.29) is 5.69 Å². The maximum absolute atomic E-state index is 12.7. The summed E-state index contributed by atoms with van der Waals surface area (Å²) in [6.45, 7) is 4.48. The molecular weight excluding hydrogens is 388 g/mol. The van der Waals surface area contributed by atoms with Crippen LogP contribution >= 0.6 is 11.3 Å². The number of benzene rings is 2. The number of anilines is 1. The molecule has 29 heavy (non-hydrogen) atoms. The minimum Gasteiger partial charge on any atom is -0.494 e. The Morgan fingerprint density at radius 1 is 1.17 bits per heavy atom. The Balaban J connectivity index is 1.60.